The average Bonchev–Trinajstić information content (AvgIpc) is 3.40. The van der Waals surface area contributed by atoms with Crippen LogP contribution in [-0.4, -0.2) is 68.1 Å². The molecule has 1 aromatic heterocycles. The normalized spacial score (nSPS) is 14.6. The molecule has 1 saturated heterocycles. The van der Waals surface area contributed by atoms with Crippen LogP contribution in [0.25, 0.3) is 10.2 Å². The number of hydrogen-bond acceptors (Lipinski definition) is 10. The van der Waals surface area contributed by atoms with Crippen LogP contribution in [0.2, 0.25) is 0 Å². The third-order valence-corrected chi connectivity index (χ3v) is 9.24. The lowest BCUT2D eigenvalue weighted by atomic mass is 9.92. The van der Waals surface area contributed by atoms with E-state index >= 15 is 0 Å². The number of nitrogens with zero attached hydrogens (tertiary/aromatic N) is 3. The number of ether oxygens (including phenoxy) is 1. The van der Waals surface area contributed by atoms with Crippen molar-refractivity contribution in [1.29, 1.82) is 0 Å². The molecule has 11 nitrogen and oxygen atoms in total. The topological polar surface area (TPSA) is 130 Å². The van der Waals surface area contributed by atoms with Gasteiger partial charge in [0.1, 0.15) is 5.60 Å². The standard InChI is InChI=1S/C31H43N5O6S2/c1-22(2)32-18-19-33-24-11-13-25(14-12-24)44(39,40)42-36(29-34-26-8-6-7-9-27(26)43-29)28(37)15-10-23-16-20-35(21-17-23)30(38)41-31(3,4)5/h6-9,11-14,22-23,32-33H,10,15-21H2,1-5H3. The number of fused-ring (bicyclic) bond motifs is 1. The molecule has 2 N–H and O–H groups in total. The van der Waals surface area contributed by atoms with Crippen LogP contribution in [0.5, 0.6) is 0 Å². The van der Waals surface area contributed by atoms with Gasteiger partial charge in [0.15, 0.2) is 0 Å². The Morgan fingerprint density at radius 3 is 2.39 bits per heavy atom. The number of thiazole rings is 1. The molecule has 2 amide bonds. The maximum atomic E-state index is 13.6. The number of likely N-dealkylation sites (tertiary alicyclic amines) is 1. The zero-order valence-corrected chi connectivity index (χ0v) is 27.7. The van der Waals surface area contributed by atoms with Gasteiger partial charge >= 0.3 is 16.2 Å². The van der Waals surface area contributed by atoms with Crippen molar-refractivity contribution in [3.05, 3.63) is 48.5 Å². The molecule has 0 spiro atoms. The first-order valence-electron chi connectivity index (χ1n) is 15.0. The number of amides is 2. The van der Waals surface area contributed by atoms with Gasteiger partial charge in [0.05, 0.1) is 15.1 Å². The summed E-state index contributed by atoms with van der Waals surface area (Å²) in [6.45, 7) is 12.2. The molecule has 13 heteroatoms. The molecular formula is C31H43N5O6S2. The molecule has 0 radical (unpaired) electrons. The number of benzene rings is 2. The first-order valence-corrected chi connectivity index (χ1v) is 17.2. The highest BCUT2D eigenvalue weighted by atomic mass is 32.2. The van der Waals surface area contributed by atoms with Crippen LogP contribution in [-0.2, 0) is 23.9 Å². The Bertz CT molecular complexity index is 1480. The molecular weight excluding hydrogens is 603 g/mol. The number of rotatable bonds is 12. The van der Waals surface area contributed by atoms with Crippen molar-refractivity contribution >= 4 is 54.5 Å². The molecule has 44 heavy (non-hydrogen) atoms. The molecule has 0 atom stereocenters. The number of anilines is 2. The van der Waals surface area contributed by atoms with E-state index in [1.807, 2.05) is 39.0 Å². The number of piperidine rings is 1. The van der Waals surface area contributed by atoms with E-state index in [2.05, 4.69) is 29.5 Å². The Labute approximate surface area is 264 Å². The molecule has 1 aliphatic heterocycles. The number of nitrogens with one attached hydrogen (secondary N) is 2. The predicted molar refractivity (Wildman–Crippen MR) is 173 cm³/mol. The van der Waals surface area contributed by atoms with Crippen molar-refractivity contribution in [2.75, 3.05) is 36.6 Å². The highest BCUT2D eigenvalue weighted by molar-refractivity contribution is 7.86. The predicted octanol–water partition coefficient (Wildman–Crippen LogP) is 5.79. The van der Waals surface area contributed by atoms with E-state index in [9.17, 15) is 18.0 Å². The summed E-state index contributed by atoms with van der Waals surface area (Å²) in [6, 6.07) is 13.9. The molecule has 0 bridgehead atoms. The number of hydrogen-bond donors (Lipinski definition) is 2. The van der Waals surface area contributed by atoms with Crippen molar-refractivity contribution in [2.24, 2.45) is 5.92 Å². The third-order valence-electron chi connectivity index (χ3n) is 7.04. The number of hydroxylamine groups is 1. The largest absolute Gasteiger partial charge is 0.444 e. The Hall–Kier alpha value is -3.26. The number of para-hydroxylation sites is 1. The van der Waals surface area contributed by atoms with Gasteiger partial charge in [-0.1, -0.05) is 37.3 Å². The van der Waals surface area contributed by atoms with E-state index in [4.69, 9.17) is 9.02 Å². The number of aromatic nitrogens is 1. The third kappa shape index (κ3) is 9.62. The molecule has 4 rings (SSSR count). The fourth-order valence-corrected chi connectivity index (χ4v) is 6.62. The molecule has 1 aliphatic rings. The number of carbonyl (C=O) groups excluding carboxylic acids is 2. The second-order valence-corrected chi connectivity index (χ2v) is 14.7. The van der Waals surface area contributed by atoms with Gasteiger partial charge in [-0.05, 0) is 82.3 Å². The van der Waals surface area contributed by atoms with Crippen LogP contribution in [0.1, 0.15) is 60.3 Å². The van der Waals surface area contributed by atoms with Crippen molar-refractivity contribution in [3.8, 4) is 0 Å². The van der Waals surface area contributed by atoms with E-state index in [1.54, 1.807) is 23.1 Å². The Morgan fingerprint density at radius 2 is 1.75 bits per heavy atom. The Morgan fingerprint density at radius 1 is 1.07 bits per heavy atom. The SMILES string of the molecule is CC(C)NCCNc1ccc(S(=O)(=O)ON(C(=O)CCC2CCN(C(=O)OC(C)(C)C)CC2)c2nc3ccccc3s2)cc1. The zero-order chi connectivity index (χ0) is 31.9. The maximum Gasteiger partial charge on any atom is 0.410 e. The summed E-state index contributed by atoms with van der Waals surface area (Å²) in [5.41, 5.74) is 0.851. The van der Waals surface area contributed by atoms with Crippen molar-refractivity contribution in [2.45, 2.75) is 76.8 Å². The highest BCUT2D eigenvalue weighted by Gasteiger charge is 2.31. The molecule has 0 saturated carbocycles. The molecule has 2 heterocycles. The molecule has 2 aromatic carbocycles. The van der Waals surface area contributed by atoms with Crippen LogP contribution in [0.3, 0.4) is 0 Å². The summed E-state index contributed by atoms with van der Waals surface area (Å²) in [7, 11) is -4.34. The van der Waals surface area contributed by atoms with Gasteiger partial charge in [-0.25, -0.2) is 9.78 Å². The summed E-state index contributed by atoms with van der Waals surface area (Å²) < 4.78 is 38.5. The second kappa shape index (κ2) is 14.7. The van der Waals surface area contributed by atoms with Crippen LogP contribution >= 0.6 is 11.3 Å². The number of carbonyl (C=O) groups is 2. The summed E-state index contributed by atoms with van der Waals surface area (Å²) >= 11 is 1.19. The lowest BCUT2D eigenvalue weighted by molar-refractivity contribution is -0.123. The van der Waals surface area contributed by atoms with Gasteiger partial charge in [0.25, 0.3) is 5.91 Å². The van der Waals surface area contributed by atoms with Crippen LogP contribution in [0.15, 0.2) is 53.4 Å². The van der Waals surface area contributed by atoms with Gasteiger partial charge in [0.2, 0.25) is 5.13 Å². The van der Waals surface area contributed by atoms with Gasteiger partial charge < -0.3 is 20.3 Å². The van der Waals surface area contributed by atoms with Crippen molar-refractivity contribution in [3.63, 3.8) is 0 Å². The van der Waals surface area contributed by atoms with Gasteiger partial charge in [0, 0.05) is 44.3 Å². The fourth-order valence-electron chi connectivity index (χ4n) is 4.74. The van der Waals surface area contributed by atoms with Crippen LogP contribution < -0.4 is 15.7 Å². The van der Waals surface area contributed by atoms with E-state index in [-0.39, 0.29) is 28.5 Å². The highest BCUT2D eigenvalue weighted by Crippen LogP contribution is 2.32. The first kappa shape index (κ1) is 33.6. The van der Waals surface area contributed by atoms with E-state index in [1.165, 1.54) is 23.5 Å². The van der Waals surface area contributed by atoms with Crippen molar-refractivity contribution in [1.82, 2.24) is 15.2 Å². The quantitative estimate of drug-likeness (QED) is 0.186. The summed E-state index contributed by atoms with van der Waals surface area (Å²) in [4.78, 5) is 32.1. The lowest BCUT2D eigenvalue weighted by Crippen LogP contribution is -2.42. The minimum absolute atomic E-state index is 0.0653. The second-order valence-electron chi connectivity index (χ2n) is 12.2. The molecule has 240 valence electrons. The van der Waals surface area contributed by atoms with Gasteiger partial charge in [-0.2, -0.15) is 8.42 Å². The molecule has 1 fully saturated rings. The fraction of sp³-hybridized carbons (Fsp3) is 0.516. The van der Waals surface area contributed by atoms with Gasteiger partial charge in [-0.15, -0.1) is 9.35 Å². The average molecular weight is 646 g/mol. The summed E-state index contributed by atoms with van der Waals surface area (Å²) in [5.74, 6) is -0.305. The monoisotopic (exact) mass is 645 g/mol. The minimum atomic E-state index is -4.34. The van der Waals surface area contributed by atoms with E-state index < -0.39 is 21.6 Å². The van der Waals surface area contributed by atoms with E-state index in [0.717, 1.165) is 34.8 Å². The van der Waals surface area contributed by atoms with Crippen molar-refractivity contribution < 1.29 is 27.0 Å². The summed E-state index contributed by atoms with van der Waals surface area (Å²) in [5, 5.41) is 7.52. The maximum absolute atomic E-state index is 13.6. The Kier molecular flexibility index (Phi) is 11.2. The first-order chi connectivity index (χ1) is 20.8. The smallest absolute Gasteiger partial charge is 0.410 e. The molecule has 3 aromatic rings. The molecule has 0 unspecified atom stereocenters. The summed E-state index contributed by atoms with van der Waals surface area (Å²) in [6.07, 6.45) is 1.70. The van der Waals surface area contributed by atoms with Crippen LogP contribution in [0, 0.1) is 5.92 Å². The minimum Gasteiger partial charge on any atom is -0.444 e. The zero-order valence-electron chi connectivity index (χ0n) is 26.0. The molecule has 0 aliphatic carbocycles. The lowest BCUT2D eigenvalue weighted by Gasteiger charge is -2.33. The Balaban J connectivity index is 1.42. The van der Waals surface area contributed by atoms with Gasteiger partial charge in [-0.3, -0.25) is 4.79 Å². The van der Waals surface area contributed by atoms with Crippen LogP contribution in [0.4, 0.5) is 15.6 Å². The van der Waals surface area contributed by atoms with E-state index in [0.29, 0.717) is 37.6 Å².